The minimum absolute atomic E-state index is 0.496. The van der Waals surface area contributed by atoms with Gasteiger partial charge in [-0.2, -0.15) is 9.61 Å². The number of benzene rings is 1. The van der Waals surface area contributed by atoms with Crippen LogP contribution in [-0.4, -0.2) is 48.7 Å². The number of aromatic nitrogens is 4. The topological polar surface area (TPSA) is 95.4 Å². The van der Waals surface area contributed by atoms with E-state index in [0.29, 0.717) is 28.2 Å². The van der Waals surface area contributed by atoms with Gasteiger partial charge in [0.25, 0.3) is 0 Å². The summed E-state index contributed by atoms with van der Waals surface area (Å²) < 4.78 is 14.3. The standard InChI is InChI=1S/C20H19BrN6OS/c21-17-18(22)27-19(25-20(17)26-6-3-8-29(28)9-7-26)15(12-24-27)14-10-13-4-1-2-5-16(13)23-11-14/h1-2,4-5,10-12H,3,6-9,22H2. The fraction of sp³-hybridized carbons (Fsp3) is 0.250. The van der Waals surface area contributed by atoms with Gasteiger partial charge in [-0.25, -0.2) is 4.98 Å². The number of fused-ring (bicyclic) bond motifs is 2. The lowest BCUT2D eigenvalue weighted by molar-refractivity contribution is 0.596. The predicted octanol–water partition coefficient (Wildman–Crippen LogP) is 3.25. The van der Waals surface area contributed by atoms with E-state index < -0.39 is 11.2 Å². The first-order valence-electron chi connectivity index (χ1n) is 9.39. The Labute approximate surface area is 179 Å². The maximum atomic E-state index is 11.9. The first kappa shape index (κ1) is 18.7. The molecule has 1 aromatic carbocycles. The molecular formula is C20H19BrN6OS. The van der Waals surface area contributed by atoms with Gasteiger partial charge in [0.1, 0.15) is 27.6 Å². The monoisotopic (exact) mass is 470 g/mol. The van der Waals surface area contributed by atoms with Crippen molar-refractivity contribution in [1.82, 2.24) is 19.6 Å². The number of nitrogen functional groups attached to an aromatic ring is 1. The number of halogens is 1. The van der Waals surface area contributed by atoms with Crippen LogP contribution in [0.25, 0.3) is 27.7 Å². The zero-order valence-corrected chi connectivity index (χ0v) is 18.0. The van der Waals surface area contributed by atoms with Gasteiger partial charge in [0.15, 0.2) is 5.65 Å². The second kappa shape index (κ2) is 7.47. The lowest BCUT2D eigenvalue weighted by Crippen LogP contribution is -2.28. The molecule has 29 heavy (non-hydrogen) atoms. The van der Waals surface area contributed by atoms with E-state index in [4.69, 9.17) is 10.7 Å². The summed E-state index contributed by atoms with van der Waals surface area (Å²) >= 11 is 2.82. The summed E-state index contributed by atoms with van der Waals surface area (Å²) in [6.45, 7) is 1.49. The molecule has 4 aromatic rings. The maximum Gasteiger partial charge on any atom is 0.167 e. The van der Waals surface area contributed by atoms with E-state index in [-0.39, 0.29) is 0 Å². The molecule has 0 saturated carbocycles. The van der Waals surface area contributed by atoms with E-state index in [0.717, 1.165) is 46.6 Å². The molecule has 9 heteroatoms. The smallest absolute Gasteiger partial charge is 0.167 e. The minimum Gasteiger partial charge on any atom is -0.616 e. The Balaban J connectivity index is 1.64. The molecule has 1 aliphatic rings. The van der Waals surface area contributed by atoms with Crippen molar-refractivity contribution in [2.75, 3.05) is 35.2 Å². The van der Waals surface area contributed by atoms with Crippen molar-refractivity contribution < 1.29 is 4.55 Å². The highest BCUT2D eigenvalue weighted by atomic mass is 79.9. The summed E-state index contributed by atoms with van der Waals surface area (Å²) in [4.78, 5) is 11.6. The first-order valence-corrected chi connectivity index (χ1v) is 11.7. The molecule has 1 saturated heterocycles. The molecule has 4 heterocycles. The summed E-state index contributed by atoms with van der Waals surface area (Å²) in [7, 11) is 0. The predicted molar refractivity (Wildman–Crippen MR) is 121 cm³/mol. The molecule has 148 valence electrons. The van der Waals surface area contributed by atoms with Gasteiger partial charge >= 0.3 is 0 Å². The zero-order chi connectivity index (χ0) is 20.0. The zero-order valence-electron chi connectivity index (χ0n) is 15.6. The summed E-state index contributed by atoms with van der Waals surface area (Å²) in [5.41, 5.74) is 9.83. The molecule has 0 bridgehead atoms. The SMILES string of the molecule is Nc1c(Br)c(N2CCC[S+]([O-])CC2)nc2c(-c3cnc4ccccc4c3)cnn12. The Morgan fingerprint density at radius 1 is 1.14 bits per heavy atom. The van der Waals surface area contributed by atoms with Crippen molar-refractivity contribution in [3.05, 3.63) is 47.2 Å². The second-order valence-electron chi connectivity index (χ2n) is 7.03. The van der Waals surface area contributed by atoms with Gasteiger partial charge in [0, 0.05) is 35.7 Å². The minimum atomic E-state index is -0.773. The summed E-state index contributed by atoms with van der Waals surface area (Å²) in [5, 5.41) is 5.52. The highest BCUT2D eigenvalue weighted by molar-refractivity contribution is 9.10. The van der Waals surface area contributed by atoms with Crippen LogP contribution in [0.1, 0.15) is 6.42 Å². The molecule has 1 unspecified atom stereocenters. The Morgan fingerprint density at radius 2 is 2.00 bits per heavy atom. The number of anilines is 2. The second-order valence-corrected chi connectivity index (χ2v) is 9.52. The average molecular weight is 471 g/mol. The third-order valence-corrected chi connectivity index (χ3v) is 7.34. The highest BCUT2D eigenvalue weighted by Crippen LogP contribution is 2.35. The van der Waals surface area contributed by atoms with Gasteiger partial charge in [0.2, 0.25) is 0 Å². The highest BCUT2D eigenvalue weighted by Gasteiger charge is 2.23. The normalized spacial score (nSPS) is 17.7. The Hall–Kier alpha value is -2.36. The first-order chi connectivity index (χ1) is 14.1. The van der Waals surface area contributed by atoms with Gasteiger partial charge in [0.05, 0.1) is 18.3 Å². The van der Waals surface area contributed by atoms with Gasteiger partial charge in [-0.05, 0) is 28.1 Å². The fourth-order valence-electron chi connectivity index (χ4n) is 3.67. The van der Waals surface area contributed by atoms with Crippen molar-refractivity contribution >= 4 is 55.3 Å². The third-order valence-electron chi connectivity index (χ3n) is 5.19. The number of hydrogen-bond donors (Lipinski definition) is 1. The molecule has 2 N–H and O–H groups in total. The van der Waals surface area contributed by atoms with E-state index in [2.05, 4.69) is 37.0 Å². The van der Waals surface area contributed by atoms with Crippen molar-refractivity contribution in [1.29, 1.82) is 0 Å². The quantitative estimate of drug-likeness (QED) is 0.451. The Morgan fingerprint density at radius 3 is 2.90 bits per heavy atom. The average Bonchev–Trinajstić information content (AvgIpc) is 3.05. The molecular weight excluding hydrogens is 452 g/mol. The summed E-state index contributed by atoms with van der Waals surface area (Å²) in [6.07, 6.45) is 4.48. The van der Waals surface area contributed by atoms with Crippen molar-refractivity contribution in [2.45, 2.75) is 6.42 Å². The van der Waals surface area contributed by atoms with Crippen molar-refractivity contribution in [3.8, 4) is 11.1 Å². The number of nitrogens with zero attached hydrogens (tertiary/aromatic N) is 5. The molecule has 3 aromatic heterocycles. The van der Waals surface area contributed by atoms with Crippen LogP contribution < -0.4 is 10.6 Å². The summed E-state index contributed by atoms with van der Waals surface area (Å²) in [5.74, 6) is 2.63. The van der Waals surface area contributed by atoms with E-state index in [1.165, 1.54) is 0 Å². The number of hydrogen-bond acceptors (Lipinski definition) is 6. The van der Waals surface area contributed by atoms with E-state index in [1.54, 1.807) is 10.7 Å². The molecule has 0 aliphatic carbocycles. The van der Waals surface area contributed by atoms with E-state index >= 15 is 0 Å². The van der Waals surface area contributed by atoms with Crippen molar-refractivity contribution in [3.63, 3.8) is 0 Å². The van der Waals surface area contributed by atoms with Crippen LogP contribution in [0.4, 0.5) is 11.6 Å². The van der Waals surface area contributed by atoms with Gasteiger partial charge in [-0.15, -0.1) is 0 Å². The lowest BCUT2D eigenvalue weighted by Gasteiger charge is -2.22. The van der Waals surface area contributed by atoms with Crippen LogP contribution in [0.2, 0.25) is 0 Å². The van der Waals surface area contributed by atoms with Crippen LogP contribution in [-0.2, 0) is 11.2 Å². The van der Waals surface area contributed by atoms with Crippen LogP contribution in [0.15, 0.2) is 47.2 Å². The van der Waals surface area contributed by atoms with Gasteiger partial charge in [-0.3, -0.25) is 4.98 Å². The number of para-hydroxylation sites is 1. The van der Waals surface area contributed by atoms with Crippen molar-refractivity contribution in [2.24, 2.45) is 0 Å². The Bertz CT molecular complexity index is 1210. The summed E-state index contributed by atoms with van der Waals surface area (Å²) in [6, 6.07) is 10.1. The molecule has 0 radical (unpaired) electrons. The maximum absolute atomic E-state index is 11.9. The molecule has 1 fully saturated rings. The van der Waals surface area contributed by atoms with Gasteiger partial charge in [-0.1, -0.05) is 29.4 Å². The van der Waals surface area contributed by atoms with E-state index in [1.807, 2.05) is 30.5 Å². The van der Waals surface area contributed by atoms with Crippen LogP contribution in [0, 0.1) is 0 Å². The molecule has 1 aliphatic heterocycles. The number of rotatable bonds is 2. The molecule has 5 rings (SSSR count). The largest absolute Gasteiger partial charge is 0.616 e. The molecule has 0 amide bonds. The van der Waals surface area contributed by atoms with Gasteiger partial charge < -0.3 is 15.2 Å². The number of pyridine rings is 1. The Kier molecular flexibility index (Phi) is 4.81. The van der Waals surface area contributed by atoms with Crippen LogP contribution >= 0.6 is 15.9 Å². The molecule has 0 spiro atoms. The molecule has 7 nitrogen and oxygen atoms in total. The van der Waals surface area contributed by atoms with Crippen LogP contribution in [0.3, 0.4) is 0 Å². The lowest BCUT2D eigenvalue weighted by atomic mass is 10.1. The van der Waals surface area contributed by atoms with Crippen LogP contribution in [0.5, 0.6) is 0 Å². The molecule has 1 atom stereocenters. The fourth-order valence-corrected chi connectivity index (χ4v) is 5.25. The number of nitrogens with two attached hydrogens (primary N) is 1. The third kappa shape index (κ3) is 3.33. The van der Waals surface area contributed by atoms with E-state index in [9.17, 15) is 4.55 Å².